The predicted octanol–water partition coefficient (Wildman–Crippen LogP) is 17.0. The van der Waals surface area contributed by atoms with Crippen molar-refractivity contribution >= 4 is 102 Å². The molecule has 4 heteroatoms. The lowest BCUT2D eigenvalue weighted by Crippen LogP contribution is -2.16. The number of thiophene rings is 2. The van der Waals surface area contributed by atoms with Crippen LogP contribution < -0.4 is 4.90 Å². The molecule has 0 atom stereocenters. The second-order valence-electron chi connectivity index (χ2n) is 16.9. The van der Waals surface area contributed by atoms with Crippen molar-refractivity contribution in [2.75, 3.05) is 4.90 Å². The molecule has 3 heterocycles. The number of para-hydroxylation sites is 2. The zero-order chi connectivity index (χ0) is 40.4. The Morgan fingerprint density at radius 2 is 1.07 bits per heavy atom. The summed E-state index contributed by atoms with van der Waals surface area (Å²) in [5, 5.41) is 7.70. The van der Waals surface area contributed by atoms with Gasteiger partial charge in [0.1, 0.15) is 0 Å². The van der Waals surface area contributed by atoms with Crippen molar-refractivity contribution in [1.82, 2.24) is 4.57 Å². The van der Waals surface area contributed by atoms with Gasteiger partial charge in [-0.3, -0.25) is 0 Å². The van der Waals surface area contributed by atoms with Crippen LogP contribution in [0, 0.1) is 0 Å². The van der Waals surface area contributed by atoms with Gasteiger partial charge in [0.05, 0.1) is 21.4 Å². The van der Waals surface area contributed by atoms with Crippen LogP contribution in [0.1, 0.15) is 25.0 Å². The minimum Gasteiger partial charge on any atom is -0.309 e. The first-order chi connectivity index (χ1) is 30.0. The maximum absolute atomic E-state index is 2.50. The molecule has 0 radical (unpaired) electrons. The summed E-state index contributed by atoms with van der Waals surface area (Å²) in [5.74, 6) is 0. The largest absolute Gasteiger partial charge is 0.309 e. The first kappa shape index (κ1) is 34.8. The molecule has 13 rings (SSSR count). The molecule has 0 saturated carbocycles. The molecule has 9 aromatic carbocycles. The van der Waals surface area contributed by atoms with Crippen molar-refractivity contribution in [3.8, 4) is 27.9 Å². The Morgan fingerprint density at radius 1 is 0.410 bits per heavy atom. The summed E-state index contributed by atoms with van der Waals surface area (Å²) in [6, 6.07) is 72.4. The molecular formula is C57H38N2S2. The van der Waals surface area contributed by atoms with Crippen molar-refractivity contribution in [3.63, 3.8) is 0 Å². The van der Waals surface area contributed by atoms with E-state index in [9.17, 15) is 0 Å². The van der Waals surface area contributed by atoms with Gasteiger partial charge in [-0.25, -0.2) is 0 Å². The topological polar surface area (TPSA) is 8.17 Å². The molecule has 0 amide bonds. The van der Waals surface area contributed by atoms with E-state index in [1.165, 1.54) is 107 Å². The number of anilines is 3. The van der Waals surface area contributed by atoms with Crippen LogP contribution in [0.2, 0.25) is 0 Å². The number of aromatic nitrogens is 1. The number of fused-ring (bicyclic) bond motifs is 12. The number of hydrogen-bond donors (Lipinski definition) is 0. The molecule has 61 heavy (non-hydrogen) atoms. The van der Waals surface area contributed by atoms with Crippen molar-refractivity contribution in [2.24, 2.45) is 0 Å². The van der Waals surface area contributed by atoms with E-state index in [4.69, 9.17) is 0 Å². The summed E-state index contributed by atoms with van der Waals surface area (Å²) in [5.41, 5.74) is 14.8. The third-order valence-corrected chi connectivity index (χ3v) is 15.5. The summed E-state index contributed by atoms with van der Waals surface area (Å²) in [6.45, 7) is 4.74. The summed E-state index contributed by atoms with van der Waals surface area (Å²) in [7, 11) is 0. The zero-order valence-corrected chi connectivity index (χ0v) is 35.3. The van der Waals surface area contributed by atoms with Crippen molar-refractivity contribution in [2.45, 2.75) is 19.3 Å². The van der Waals surface area contributed by atoms with Crippen LogP contribution in [0.4, 0.5) is 17.1 Å². The Bertz CT molecular complexity index is 3750. The third kappa shape index (κ3) is 5.13. The zero-order valence-electron chi connectivity index (χ0n) is 33.7. The lowest BCUT2D eigenvalue weighted by molar-refractivity contribution is 0.660. The Morgan fingerprint density at radius 3 is 1.92 bits per heavy atom. The van der Waals surface area contributed by atoms with Crippen LogP contribution in [0.5, 0.6) is 0 Å². The van der Waals surface area contributed by atoms with E-state index in [-0.39, 0.29) is 5.41 Å². The average Bonchev–Trinajstić information content (AvgIpc) is 4.03. The van der Waals surface area contributed by atoms with Gasteiger partial charge in [-0.2, -0.15) is 0 Å². The third-order valence-electron chi connectivity index (χ3n) is 13.2. The van der Waals surface area contributed by atoms with Gasteiger partial charge >= 0.3 is 0 Å². The Kier molecular flexibility index (Phi) is 7.43. The highest BCUT2D eigenvalue weighted by Gasteiger charge is 2.36. The van der Waals surface area contributed by atoms with E-state index in [0.29, 0.717) is 0 Å². The Labute approximate surface area is 361 Å². The number of benzene rings is 9. The molecule has 3 aromatic heterocycles. The molecule has 0 bridgehead atoms. The fourth-order valence-electron chi connectivity index (χ4n) is 10.3. The van der Waals surface area contributed by atoms with Crippen LogP contribution >= 0.6 is 22.7 Å². The molecule has 0 unspecified atom stereocenters. The maximum atomic E-state index is 2.50. The smallest absolute Gasteiger partial charge is 0.0646 e. The lowest BCUT2D eigenvalue weighted by Gasteiger charge is -2.29. The summed E-state index contributed by atoms with van der Waals surface area (Å²) in [4.78, 5) is 2.50. The van der Waals surface area contributed by atoms with E-state index in [2.05, 4.69) is 217 Å². The highest BCUT2D eigenvalue weighted by molar-refractivity contribution is 7.26. The highest BCUT2D eigenvalue weighted by Crippen LogP contribution is 2.52. The molecule has 0 spiro atoms. The van der Waals surface area contributed by atoms with Gasteiger partial charge < -0.3 is 9.47 Å². The molecule has 12 aromatic rings. The fraction of sp³-hybridized carbons (Fsp3) is 0.0526. The second-order valence-corrected chi connectivity index (χ2v) is 19.0. The Hall–Kier alpha value is -6.98. The normalized spacial score (nSPS) is 13.2. The molecule has 1 aliphatic carbocycles. The average molecular weight is 815 g/mol. The highest BCUT2D eigenvalue weighted by atomic mass is 32.1. The van der Waals surface area contributed by atoms with Crippen molar-refractivity contribution in [3.05, 3.63) is 205 Å². The van der Waals surface area contributed by atoms with E-state index in [0.717, 1.165) is 11.4 Å². The van der Waals surface area contributed by atoms with Gasteiger partial charge in [0.15, 0.2) is 0 Å². The SMILES string of the molecule is CC1(C)c2ccccc2-c2ccc(N(c3ccccc3)c3cc(-c4ccc5c(c4)c4ccccc4n5-c4ccc5sc6ccccc6c5c4)cc4c3sc3ccccc34)cc21. The van der Waals surface area contributed by atoms with Crippen LogP contribution in [-0.4, -0.2) is 4.57 Å². The quantitative estimate of drug-likeness (QED) is 0.168. The van der Waals surface area contributed by atoms with E-state index in [1.54, 1.807) is 0 Å². The van der Waals surface area contributed by atoms with E-state index >= 15 is 0 Å². The molecule has 1 aliphatic rings. The van der Waals surface area contributed by atoms with Crippen LogP contribution in [0.25, 0.3) is 90.1 Å². The van der Waals surface area contributed by atoms with Crippen molar-refractivity contribution < 1.29 is 0 Å². The number of hydrogen-bond acceptors (Lipinski definition) is 3. The van der Waals surface area contributed by atoms with Gasteiger partial charge in [-0.15, -0.1) is 22.7 Å². The summed E-state index contributed by atoms with van der Waals surface area (Å²) in [6.07, 6.45) is 0. The molecule has 0 N–H and O–H groups in total. The molecule has 0 fully saturated rings. The van der Waals surface area contributed by atoms with E-state index in [1.807, 2.05) is 22.7 Å². The minimum absolute atomic E-state index is 0.114. The molecule has 288 valence electrons. The predicted molar refractivity (Wildman–Crippen MR) is 264 cm³/mol. The lowest BCUT2D eigenvalue weighted by atomic mass is 9.82. The molecule has 0 saturated heterocycles. The van der Waals surface area contributed by atoms with Crippen LogP contribution in [0.3, 0.4) is 0 Å². The minimum atomic E-state index is -0.114. The van der Waals surface area contributed by atoms with Gasteiger partial charge in [0, 0.05) is 68.9 Å². The van der Waals surface area contributed by atoms with E-state index < -0.39 is 0 Å². The van der Waals surface area contributed by atoms with Gasteiger partial charge in [-0.05, 0) is 118 Å². The first-order valence-electron chi connectivity index (χ1n) is 21.0. The fourth-order valence-corrected chi connectivity index (χ4v) is 12.5. The molecular weight excluding hydrogens is 777 g/mol. The first-order valence-corrected chi connectivity index (χ1v) is 22.6. The van der Waals surface area contributed by atoms with Gasteiger partial charge in [0.2, 0.25) is 0 Å². The van der Waals surface area contributed by atoms with Crippen LogP contribution in [0.15, 0.2) is 194 Å². The Balaban J connectivity index is 1.03. The van der Waals surface area contributed by atoms with Gasteiger partial charge in [-0.1, -0.05) is 123 Å². The van der Waals surface area contributed by atoms with Crippen LogP contribution in [-0.2, 0) is 5.41 Å². The second kappa shape index (κ2) is 13.0. The van der Waals surface area contributed by atoms with Gasteiger partial charge in [0.25, 0.3) is 0 Å². The maximum Gasteiger partial charge on any atom is 0.0646 e. The van der Waals surface area contributed by atoms with Crippen molar-refractivity contribution in [1.29, 1.82) is 0 Å². The molecule has 2 nitrogen and oxygen atoms in total. The summed E-state index contributed by atoms with van der Waals surface area (Å²) < 4.78 is 7.67. The summed E-state index contributed by atoms with van der Waals surface area (Å²) >= 11 is 3.75. The standard InChI is InChI=1S/C57H38N2S2/c1-57(2)48-20-10-6-16-40(48)41-27-25-39(34-49(41)57)58(37-14-4-3-5-15-37)52-32-36(31-47-44-19-9-13-23-54(44)61-56(47)52)35-24-28-51-45(30-35)42-17-7-11-21-50(42)59(51)38-26-29-55-46(33-38)43-18-8-12-22-53(43)60-55/h3-34H,1-2H3. The molecule has 0 aliphatic heterocycles. The monoisotopic (exact) mass is 814 g/mol. The number of rotatable bonds is 5. The number of nitrogens with zero attached hydrogens (tertiary/aromatic N) is 2.